The first-order chi connectivity index (χ1) is 5.95. The highest BCUT2D eigenvalue weighted by atomic mass is 16.5. The summed E-state index contributed by atoms with van der Waals surface area (Å²) in [6, 6.07) is 0. The van der Waals surface area contributed by atoms with E-state index in [1.807, 2.05) is 20.8 Å². The number of hydrogen-bond acceptors (Lipinski definition) is 2. The number of hydrogen-bond donors (Lipinski definition) is 1. The summed E-state index contributed by atoms with van der Waals surface area (Å²) < 4.78 is 5.50. The van der Waals surface area contributed by atoms with Crippen molar-refractivity contribution >= 4 is 0 Å². The Morgan fingerprint density at radius 1 is 1.38 bits per heavy atom. The van der Waals surface area contributed by atoms with E-state index in [0.717, 1.165) is 6.42 Å². The molecule has 0 rings (SSSR count). The van der Waals surface area contributed by atoms with E-state index in [1.165, 1.54) is 0 Å². The number of rotatable bonds is 4. The fourth-order valence-electron chi connectivity index (χ4n) is 0.894. The van der Waals surface area contributed by atoms with Crippen LogP contribution in [0.4, 0.5) is 0 Å². The van der Waals surface area contributed by atoms with E-state index in [-0.39, 0.29) is 5.60 Å². The van der Waals surface area contributed by atoms with Gasteiger partial charge >= 0.3 is 0 Å². The predicted molar refractivity (Wildman–Crippen MR) is 54.4 cm³/mol. The standard InChI is InChI=1S/C11H20O2/c1-5-7-10(12)8-6-9-13-11(2,3)4/h10,12H,6,8-9H2,1-4H3. The minimum atomic E-state index is -0.492. The molecule has 1 unspecified atom stereocenters. The van der Waals surface area contributed by atoms with Crippen molar-refractivity contribution in [2.24, 2.45) is 0 Å². The van der Waals surface area contributed by atoms with Crippen LogP contribution in [0.25, 0.3) is 0 Å². The van der Waals surface area contributed by atoms with Gasteiger partial charge in [0.15, 0.2) is 0 Å². The summed E-state index contributed by atoms with van der Waals surface area (Å²) in [6.45, 7) is 8.49. The van der Waals surface area contributed by atoms with Crippen LogP contribution in [0.3, 0.4) is 0 Å². The third-order valence-electron chi connectivity index (χ3n) is 1.47. The maximum absolute atomic E-state index is 9.25. The highest BCUT2D eigenvalue weighted by Gasteiger charge is 2.09. The molecule has 0 bridgehead atoms. The number of aliphatic hydroxyl groups is 1. The van der Waals surface area contributed by atoms with E-state index >= 15 is 0 Å². The van der Waals surface area contributed by atoms with E-state index in [9.17, 15) is 5.11 Å². The van der Waals surface area contributed by atoms with Crippen LogP contribution >= 0.6 is 0 Å². The summed E-state index contributed by atoms with van der Waals surface area (Å²) in [4.78, 5) is 0. The average molecular weight is 184 g/mol. The van der Waals surface area contributed by atoms with E-state index in [2.05, 4.69) is 11.8 Å². The molecule has 0 aromatic rings. The summed E-state index contributed by atoms with van der Waals surface area (Å²) in [7, 11) is 0. The molecule has 0 aromatic carbocycles. The van der Waals surface area contributed by atoms with E-state index in [1.54, 1.807) is 6.92 Å². The zero-order chi connectivity index (χ0) is 10.3. The summed E-state index contributed by atoms with van der Waals surface area (Å²) in [5, 5.41) is 9.25. The van der Waals surface area contributed by atoms with Crippen molar-refractivity contribution < 1.29 is 9.84 Å². The molecule has 1 N–H and O–H groups in total. The largest absolute Gasteiger partial charge is 0.380 e. The maximum Gasteiger partial charge on any atom is 0.114 e. The second kappa shape index (κ2) is 6.01. The molecule has 2 nitrogen and oxygen atoms in total. The summed E-state index contributed by atoms with van der Waals surface area (Å²) in [6.07, 6.45) is 1.05. The Morgan fingerprint density at radius 2 is 2.00 bits per heavy atom. The van der Waals surface area contributed by atoms with Gasteiger partial charge in [-0.05, 0) is 40.5 Å². The molecule has 0 aliphatic rings. The monoisotopic (exact) mass is 184 g/mol. The van der Waals surface area contributed by atoms with Crippen molar-refractivity contribution in [3.05, 3.63) is 0 Å². The van der Waals surface area contributed by atoms with Crippen molar-refractivity contribution in [2.75, 3.05) is 6.61 Å². The molecule has 0 amide bonds. The molecule has 13 heavy (non-hydrogen) atoms. The van der Waals surface area contributed by atoms with E-state index in [0.29, 0.717) is 13.0 Å². The Kier molecular flexibility index (Phi) is 5.77. The molecule has 0 aliphatic heterocycles. The van der Waals surface area contributed by atoms with Gasteiger partial charge in [-0.1, -0.05) is 5.92 Å². The lowest BCUT2D eigenvalue weighted by Gasteiger charge is -2.19. The van der Waals surface area contributed by atoms with Gasteiger partial charge in [-0.2, -0.15) is 0 Å². The van der Waals surface area contributed by atoms with Gasteiger partial charge in [-0.15, -0.1) is 5.92 Å². The van der Waals surface area contributed by atoms with Crippen LogP contribution in [-0.2, 0) is 4.74 Å². The molecule has 0 radical (unpaired) electrons. The highest BCUT2D eigenvalue weighted by Crippen LogP contribution is 2.08. The lowest BCUT2D eigenvalue weighted by molar-refractivity contribution is -0.00706. The molecule has 0 saturated carbocycles. The van der Waals surface area contributed by atoms with Gasteiger partial charge in [0.05, 0.1) is 5.60 Å². The van der Waals surface area contributed by atoms with Crippen molar-refractivity contribution in [2.45, 2.75) is 52.2 Å². The first kappa shape index (κ1) is 12.5. The molecule has 0 aliphatic carbocycles. The zero-order valence-corrected chi connectivity index (χ0v) is 9.05. The molecule has 0 fully saturated rings. The molecule has 0 spiro atoms. The van der Waals surface area contributed by atoms with Crippen LogP contribution in [-0.4, -0.2) is 23.4 Å². The molecule has 1 atom stereocenters. The van der Waals surface area contributed by atoms with Gasteiger partial charge in [0.25, 0.3) is 0 Å². The van der Waals surface area contributed by atoms with Gasteiger partial charge in [0.1, 0.15) is 6.10 Å². The van der Waals surface area contributed by atoms with Crippen LogP contribution < -0.4 is 0 Å². The fraction of sp³-hybridized carbons (Fsp3) is 0.818. The zero-order valence-electron chi connectivity index (χ0n) is 9.05. The van der Waals surface area contributed by atoms with Crippen LogP contribution in [0.15, 0.2) is 0 Å². The number of ether oxygens (including phenoxy) is 1. The van der Waals surface area contributed by atoms with Gasteiger partial charge in [0, 0.05) is 6.61 Å². The molecule has 0 heterocycles. The molecular weight excluding hydrogens is 164 g/mol. The van der Waals surface area contributed by atoms with E-state index < -0.39 is 6.10 Å². The Morgan fingerprint density at radius 3 is 2.46 bits per heavy atom. The minimum Gasteiger partial charge on any atom is -0.380 e. The predicted octanol–water partition coefficient (Wildman–Crippen LogP) is 1.97. The van der Waals surface area contributed by atoms with Crippen LogP contribution in [0.1, 0.15) is 40.5 Å². The second-order valence-corrected chi connectivity index (χ2v) is 4.01. The van der Waals surface area contributed by atoms with Gasteiger partial charge in [-0.25, -0.2) is 0 Å². The third-order valence-corrected chi connectivity index (χ3v) is 1.47. The first-order valence-electron chi connectivity index (χ1n) is 4.70. The van der Waals surface area contributed by atoms with Crippen molar-refractivity contribution in [1.82, 2.24) is 0 Å². The second-order valence-electron chi connectivity index (χ2n) is 4.01. The van der Waals surface area contributed by atoms with Gasteiger partial charge in [0.2, 0.25) is 0 Å². The van der Waals surface area contributed by atoms with E-state index in [4.69, 9.17) is 4.74 Å². The Balaban J connectivity index is 3.39. The molecule has 0 saturated heterocycles. The topological polar surface area (TPSA) is 29.5 Å². The highest BCUT2D eigenvalue weighted by molar-refractivity contribution is 5.01. The fourth-order valence-corrected chi connectivity index (χ4v) is 0.894. The van der Waals surface area contributed by atoms with Crippen molar-refractivity contribution in [1.29, 1.82) is 0 Å². The van der Waals surface area contributed by atoms with Crippen molar-refractivity contribution in [3.63, 3.8) is 0 Å². The molecule has 0 aromatic heterocycles. The normalized spacial score (nSPS) is 13.3. The summed E-state index contributed by atoms with van der Waals surface area (Å²) >= 11 is 0. The third kappa shape index (κ3) is 9.39. The van der Waals surface area contributed by atoms with Crippen LogP contribution in [0.2, 0.25) is 0 Å². The Hall–Kier alpha value is -0.520. The smallest absolute Gasteiger partial charge is 0.114 e. The summed E-state index contributed by atoms with van der Waals surface area (Å²) in [5.74, 6) is 5.38. The lowest BCUT2D eigenvalue weighted by atomic mass is 10.2. The minimum absolute atomic E-state index is 0.0820. The molecule has 2 heteroatoms. The van der Waals surface area contributed by atoms with Gasteiger partial charge < -0.3 is 9.84 Å². The van der Waals surface area contributed by atoms with Gasteiger partial charge in [-0.3, -0.25) is 0 Å². The maximum atomic E-state index is 9.25. The van der Waals surface area contributed by atoms with Crippen LogP contribution in [0, 0.1) is 11.8 Å². The number of aliphatic hydroxyl groups excluding tert-OH is 1. The quantitative estimate of drug-likeness (QED) is 0.534. The Labute approximate surface area is 81.3 Å². The van der Waals surface area contributed by atoms with Crippen molar-refractivity contribution in [3.8, 4) is 11.8 Å². The SMILES string of the molecule is CC#CC(O)CCCOC(C)(C)C. The average Bonchev–Trinajstić information content (AvgIpc) is 1.97. The summed E-state index contributed by atoms with van der Waals surface area (Å²) in [5.41, 5.74) is -0.0820. The Bertz CT molecular complexity index is 180. The molecular formula is C11H20O2. The van der Waals surface area contributed by atoms with Crippen LogP contribution in [0.5, 0.6) is 0 Å². The lowest BCUT2D eigenvalue weighted by Crippen LogP contribution is -2.20. The molecule has 76 valence electrons. The first-order valence-corrected chi connectivity index (χ1v) is 4.70.